The van der Waals surface area contributed by atoms with E-state index >= 15 is 0 Å². The van der Waals surface area contributed by atoms with E-state index in [-0.39, 0.29) is 128 Å². The Morgan fingerprint density at radius 1 is 0.417 bits per heavy atom. The Hall–Kier alpha value is -4.33. The van der Waals surface area contributed by atoms with E-state index in [2.05, 4.69) is 111 Å². The quantitative estimate of drug-likeness (QED) is 0.0734. The molecule has 2 saturated heterocycles. The molecule has 2 aliphatic heterocycles. The molecule has 2 aromatic heterocycles. The minimum absolute atomic E-state index is 0. The largest absolute Gasteiger partial charge is 3.00 e. The zero-order valence-corrected chi connectivity index (χ0v) is 56.3. The normalized spacial score (nSPS) is 13.9. The van der Waals surface area contributed by atoms with Gasteiger partial charge in [0.1, 0.15) is 0 Å². The maximum absolute atomic E-state index is 12.4. The smallest absolute Gasteiger partial charge is 0.862 e. The van der Waals surface area contributed by atoms with Crippen LogP contribution in [-0.4, -0.2) is 66.2 Å². The second kappa shape index (κ2) is 36.7. The molecule has 12 nitrogen and oxygen atoms in total. The Bertz CT molecular complexity index is 3010. The number of nitrogens with zero attached hydrogens (tertiary/aromatic N) is 6. The number of benzene rings is 6. The molecule has 4 heterocycles. The zero-order chi connectivity index (χ0) is 59.8. The molecular weight excluding hydrogens is 1400 g/mol. The molecule has 10 rings (SSSR count). The first kappa shape index (κ1) is 73.9. The van der Waals surface area contributed by atoms with Crippen molar-refractivity contribution in [2.75, 3.05) is 26.4 Å². The van der Waals surface area contributed by atoms with Crippen molar-refractivity contribution in [3.63, 3.8) is 0 Å². The van der Waals surface area contributed by atoms with Crippen LogP contribution in [0.2, 0.25) is 51.4 Å². The van der Waals surface area contributed by atoms with E-state index in [9.17, 15) is 20.4 Å². The first-order valence-electron chi connectivity index (χ1n) is 28.4. The van der Waals surface area contributed by atoms with E-state index in [1.54, 1.807) is 12.1 Å². The molecule has 0 bridgehead atoms. The first-order valence-corrected chi connectivity index (χ1v) is 35.8. The monoisotopic (exact) mass is 1480 g/mol. The number of ether oxygens (including phenoxy) is 2. The molecule has 0 saturated carbocycles. The topological polar surface area (TPSA) is 188 Å². The van der Waals surface area contributed by atoms with Gasteiger partial charge in [0, 0.05) is 42.6 Å². The molecule has 0 amide bonds. The summed E-state index contributed by atoms with van der Waals surface area (Å²) in [6.07, 6.45) is 5.11. The van der Waals surface area contributed by atoms with Gasteiger partial charge < -0.3 is 39.9 Å². The van der Waals surface area contributed by atoms with Crippen LogP contribution >= 0.6 is 0 Å². The molecule has 8 aromatic rings. The van der Waals surface area contributed by atoms with Crippen molar-refractivity contribution in [3.8, 4) is 0 Å². The van der Waals surface area contributed by atoms with Gasteiger partial charge in [-0.25, -0.2) is 0 Å². The van der Waals surface area contributed by atoms with Crippen LogP contribution in [0.15, 0.2) is 190 Å². The summed E-state index contributed by atoms with van der Waals surface area (Å²) in [5.41, 5.74) is 7.37. The van der Waals surface area contributed by atoms with Crippen LogP contribution in [0.25, 0.3) is 21.8 Å². The summed E-state index contributed by atoms with van der Waals surface area (Å²) in [5.74, 6) is -0.577. The Kier molecular flexibility index (Phi) is 32.3. The SMILES string of the molecule is C1CCOC1.C1CCOC1.CC(C)(C)c1ccccc1N=C([O-])c1cc2ccccc2[n-]1.CC(C)(C)c1ccccc1N=C([O-])c1cc2ccccc2[n-]1.C[Si](C)(C)CC([O-])=Nc1ccccc1.C[Si](C)(C)CC([O-])=Nc1ccccc1.[Yb+3].[Yb+3]. The Labute approximate surface area is 579 Å². The summed E-state index contributed by atoms with van der Waals surface area (Å²) in [4.78, 5) is 25.4. The van der Waals surface area contributed by atoms with Crippen molar-refractivity contribution in [2.45, 2.75) is 129 Å². The Morgan fingerprint density at radius 3 is 1.00 bits per heavy atom. The van der Waals surface area contributed by atoms with Gasteiger partial charge in [0.15, 0.2) is 0 Å². The summed E-state index contributed by atoms with van der Waals surface area (Å²) in [6.45, 7) is 29.7. The fourth-order valence-corrected chi connectivity index (χ4v) is 10.3. The predicted molar refractivity (Wildman–Crippen MR) is 341 cm³/mol. The number of para-hydroxylation sites is 6. The molecule has 0 spiro atoms. The van der Waals surface area contributed by atoms with Gasteiger partial charge in [0.05, 0.1) is 22.7 Å². The van der Waals surface area contributed by atoms with Gasteiger partial charge in [-0.3, -0.25) is 20.0 Å². The van der Waals surface area contributed by atoms with Gasteiger partial charge in [0.25, 0.3) is 0 Å². The molecular formula is C68H84N6O6Si2Yb2. The minimum Gasteiger partial charge on any atom is -0.862 e. The maximum Gasteiger partial charge on any atom is 3.00 e. The molecule has 0 unspecified atom stereocenters. The second-order valence-electron chi connectivity index (χ2n) is 24.6. The fraction of sp³-hybridized carbons (Fsp3) is 0.353. The van der Waals surface area contributed by atoms with Crippen molar-refractivity contribution < 1.29 is 124 Å². The van der Waals surface area contributed by atoms with E-state index in [0.717, 1.165) is 70.7 Å². The van der Waals surface area contributed by atoms with Gasteiger partial charge in [-0.15, -0.1) is 22.4 Å². The number of hydrogen-bond acceptors (Lipinski definition) is 10. The summed E-state index contributed by atoms with van der Waals surface area (Å²) < 4.78 is 9.89. The van der Waals surface area contributed by atoms with E-state index < -0.39 is 16.1 Å². The van der Waals surface area contributed by atoms with Gasteiger partial charge in [-0.05, 0) is 130 Å². The number of aliphatic imine (C=N–C) groups is 4. The zero-order valence-electron chi connectivity index (χ0n) is 50.9. The van der Waals surface area contributed by atoms with Crippen molar-refractivity contribution in [1.29, 1.82) is 0 Å². The van der Waals surface area contributed by atoms with Gasteiger partial charge >= 0.3 is 93.8 Å². The van der Waals surface area contributed by atoms with Gasteiger partial charge in [-0.2, -0.15) is 0 Å². The van der Waals surface area contributed by atoms with Gasteiger partial charge in [-0.1, -0.05) is 214 Å². The summed E-state index contributed by atoms with van der Waals surface area (Å²) in [6, 6.07) is 54.5. The van der Waals surface area contributed by atoms with E-state index in [1.807, 2.05) is 158 Å². The first-order chi connectivity index (χ1) is 38.8. The molecule has 0 N–H and O–H groups in total. The van der Waals surface area contributed by atoms with Crippen LogP contribution in [0.5, 0.6) is 0 Å². The third kappa shape index (κ3) is 28.0. The molecule has 84 heavy (non-hydrogen) atoms. The Morgan fingerprint density at radius 2 is 0.714 bits per heavy atom. The standard InChI is InChI=1S/2C19H19N2O.2C11H17NOSi.2C4H8O.2Yb/c2*1-19(2,3)14-9-5-7-11-16(14)21-18(22)17-12-13-8-4-6-10-15(13)20-17;2*1-14(2,3)9-11(13)12-10-7-5-4-6-8-10;2*1-2-4-5-3-1;;/h2*4-12H,1-3H3,(H-,20,21,22);2*4-8H,9H2,1-3H3,(H,12,13);2*1-4H2;;/q2*-1;;;;;2*+3/p-4. The molecule has 2 radical (unpaired) electrons. The van der Waals surface area contributed by atoms with Crippen molar-refractivity contribution in [1.82, 2.24) is 9.97 Å². The van der Waals surface area contributed by atoms with E-state index in [4.69, 9.17) is 9.47 Å². The average Bonchev–Trinajstić information content (AvgIpc) is 4.43. The summed E-state index contributed by atoms with van der Waals surface area (Å²) in [5, 5.41) is 49.8. The molecule has 2 fully saturated rings. The Balaban J connectivity index is 0.000000280. The molecule has 0 atom stereocenters. The van der Waals surface area contributed by atoms with Crippen LogP contribution in [0, 0.1) is 93.8 Å². The van der Waals surface area contributed by atoms with Crippen molar-refractivity contribution in [2.24, 2.45) is 20.0 Å². The maximum atomic E-state index is 12.4. The van der Waals surface area contributed by atoms with E-state index in [0.29, 0.717) is 34.9 Å². The number of hydrogen-bond donors (Lipinski definition) is 0. The molecule has 2 aliphatic rings. The number of rotatable bonds is 10. The van der Waals surface area contributed by atoms with Crippen LogP contribution in [0.3, 0.4) is 0 Å². The van der Waals surface area contributed by atoms with E-state index in [1.165, 1.54) is 25.7 Å². The van der Waals surface area contributed by atoms with Crippen molar-refractivity contribution >= 4 is 84.3 Å². The third-order valence-electron chi connectivity index (χ3n) is 12.3. The molecule has 16 heteroatoms. The number of fused-ring (bicyclic) bond motifs is 2. The average molecular weight is 1480 g/mol. The molecule has 6 aromatic carbocycles. The third-order valence-corrected chi connectivity index (χ3v) is 15.0. The van der Waals surface area contributed by atoms with Gasteiger partial charge in [0.2, 0.25) is 0 Å². The van der Waals surface area contributed by atoms with Crippen LogP contribution in [-0.2, 0) is 20.3 Å². The predicted octanol–water partition coefficient (Wildman–Crippen LogP) is 13.5. The van der Waals surface area contributed by atoms with Crippen LogP contribution in [0.1, 0.15) is 89.7 Å². The van der Waals surface area contributed by atoms with Crippen molar-refractivity contribution in [3.05, 3.63) is 192 Å². The summed E-state index contributed by atoms with van der Waals surface area (Å²) >= 11 is 0. The molecule has 0 aliphatic carbocycles. The van der Waals surface area contributed by atoms with Crippen LogP contribution in [0.4, 0.5) is 22.7 Å². The fourth-order valence-electron chi connectivity index (χ4n) is 8.30. The number of aromatic nitrogens is 2. The second-order valence-corrected chi connectivity index (χ2v) is 35.5. The van der Waals surface area contributed by atoms with Crippen LogP contribution < -0.4 is 30.4 Å². The minimum atomic E-state index is -1.32. The summed E-state index contributed by atoms with van der Waals surface area (Å²) in [7, 11) is -2.63. The molecule has 458 valence electrons.